The van der Waals surface area contributed by atoms with Crippen molar-refractivity contribution in [2.45, 2.75) is 39.7 Å². The lowest BCUT2D eigenvalue weighted by molar-refractivity contribution is -0.146. The maximum absolute atomic E-state index is 12.0. The first-order valence-electron chi connectivity index (χ1n) is 7.44. The van der Waals surface area contributed by atoms with Crippen LogP contribution in [0.15, 0.2) is 35.3 Å². The Bertz CT molecular complexity index is 467. The summed E-state index contributed by atoms with van der Waals surface area (Å²) in [6.45, 7) is 5.17. The van der Waals surface area contributed by atoms with Crippen LogP contribution in [-0.2, 0) is 16.1 Å². The molecule has 1 aromatic rings. The molecule has 0 N–H and O–H groups in total. The molecular formula is C17H23NO2. The first kappa shape index (κ1) is 14.8. The van der Waals surface area contributed by atoms with Crippen LogP contribution in [0.25, 0.3) is 0 Å². The van der Waals surface area contributed by atoms with E-state index in [-0.39, 0.29) is 11.9 Å². The third-order valence-corrected chi connectivity index (χ3v) is 3.79. The molecule has 2 atom stereocenters. The zero-order chi connectivity index (χ0) is 14.4. The van der Waals surface area contributed by atoms with Gasteiger partial charge in [-0.25, -0.2) is 0 Å². The first-order chi connectivity index (χ1) is 9.70. The third-order valence-electron chi connectivity index (χ3n) is 3.79. The summed E-state index contributed by atoms with van der Waals surface area (Å²) in [5, 5.41) is 0. The summed E-state index contributed by atoms with van der Waals surface area (Å²) in [4.78, 5) is 16.7. The fourth-order valence-electron chi connectivity index (χ4n) is 2.67. The van der Waals surface area contributed by atoms with Crippen molar-refractivity contribution in [2.75, 3.05) is 6.61 Å². The zero-order valence-electron chi connectivity index (χ0n) is 12.3. The lowest BCUT2D eigenvalue weighted by Gasteiger charge is -2.26. The second-order valence-corrected chi connectivity index (χ2v) is 5.48. The molecule has 1 saturated carbocycles. The van der Waals surface area contributed by atoms with E-state index < -0.39 is 0 Å². The summed E-state index contributed by atoms with van der Waals surface area (Å²) < 4.78 is 5.18. The molecule has 108 valence electrons. The van der Waals surface area contributed by atoms with Gasteiger partial charge in [0, 0.05) is 5.71 Å². The van der Waals surface area contributed by atoms with Crippen molar-refractivity contribution >= 4 is 11.7 Å². The lowest BCUT2D eigenvalue weighted by atomic mass is 9.81. The van der Waals surface area contributed by atoms with E-state index in [1.54, 1.807) is 0 Å². The smallest absolute Gasteiger partial charge is 0.314 e. The molecular weight excluding hydrogens is 250 g/mol. The summed E-state index contributed by atoms with van der Waals surface area (Å²) in [6, 6.07) is 10.2. The number of hydrogen-bond donors (Lipinski definition) is 0. The minimum atomic E-state index is -0.130. The summed E-state index contributed by atoms with van der Waals surface area (Å²) in [6.07, 6.45) is 2.86. The van der Waals surface area contributed by atoms with E-state index in [2.05, 4.69) is 19.1 Å². The molecule has 0 radical (unpaired) electrons. The van der Waals surface area contributed by atoms with Crippen LogP contribution in [0, 0.1) is 11.8 Å². The monoisotopic (exact) mass is 273 g/mol. The molecule has 0 aromatic heterocycles. The van der Waals surface area contributed by atoms with Crippen LogP contribution in [-0.4, -0.2) is 18.3 Å². The van der Waals surface area contributed by atoms with Gasteiger partial charge in [-0.05, 0) is 37.7 Å². The molecule has 3 nitrogen and oxygen atoms in total. The fraction of sp³-hybridized carbons (Fsp3) is 0.529. The van der Waals surface area contributed by atoms with Crippen molar-refractivity contribution in [3.8, 4) is 0 Å². The quantitative estimate of drug-likeness (QED) is 0.786. The van der Waals surface area contributed by atoms with E-state index >= 15 is 0 Å². The minimum absolute atomic E-state index is 0.105. The van der Waals surface area contributed by atoms with Gasteiger partial charge in [-0.15, -0.1) is 0 Å². The van der Waals surface area contributed by atoms with Crippen LogP contribution < -0.4 is 0 Å². The Kier molecular flexibility index (Phi) is 5.33. The van der Waals surface area contributed by atoms with Gasteiger partial charge < -0.3 is 4.74 Å². The SMILES string of the molecule is CCOC(=O)C1CCC(C)CC1=NCc1ccccc1. The number of nitrogens with zero attached hydrogens (tertiary/aromatic N) is 1. The predicted molar refractivity (Wildman–Crippen MR) is 80.7 cm³/mol. The Morgan fingerprint density at radius 3 is 2.75 bits per heavy atom. The van der Waals surface area contributed by atoms with Crippen molar-refractivity contribution in [1.82, 2.24) is 0 Å². The van der Waals surface area contributed by atoms with E-state index in [1.807, 2.05) is 25.1 Å². The van der Waals surface area contributed by atoms with Gasteiger partial charge in [0.15, 0.2) is 0 Å². The topological polar surface area (TPSA) is 38.7 Å². The Morgan fingerprint density at radius 1 is 1.30 bits per heavy atom. The van der Waals surface area contributed by atoms with E-state index in [0.29, 0.717) is 19.1 Å². The largest absolute Gasteiger partial charge is 0.465 e. The molecule has 20 heavy (non-hydrogen) atoms. The molecule has 3 heteroatoms. The highest BCUT2D eigenvalue weighted by Crippen LogP contribution is 2.28. The van der Waals surface area contributed by atoms with Crippen LogP contribution in [0.1, 0.15) is 38.7 Å². The van der Waals surface area contributed by atoms with Gasteiger partial charge in [-0.2, -0.15) is 0 Å². The van der Waals surface area contributed by atoms with E-state index in [1.165, 1.54) is 5.56 Å². The van der Waals surface area contributed by atoms with Crippen LogP contribution in [0.2, 0.25) is 0 Å². The molecule has 1 fully saturated rings. The number of rotatable bonds is 4. The molecule has 0 saturated heterocycles. The van der Waals surface area contributed by atoms with Crippen molar-refractivity contribution < 1.29 is 9.53 Å². The molecule has 1 aliphatic rings. The molecule has 0 amide bonds. The number of carbonyl (C=O) groups is 1. The third kappa shape index (κ3) is 3.92. The van der Waals surface area contributed by atoms with Gasteiger partial charge in [0.2, 0.25) is 0 Å². The maximum Gasteiger partial charge on any atom is 0.314 e. The van der Waals surface area contributed by atoms with Crippen LogP contribution in [0.4, 0.5) is 0 Å². The lowest BCUT2D eigenvalue weighted by Crippen LogP contribution is -2.32. The number of aliphatic imine (C=N–C) groups is 1. The van der Waals surface area contributed by atoms with Gasteiger partial charge in [0.25, 0.3) is 0 Å². The van der Waals surface area contributed by atoms with Gasteiger partial charge in [0.05, 0.1) is 19.1 Å². The van der Waals surface area contributed by atoms with Gasteiger partial charge in [0.1, 0.15) is 0 Å². The fourth-order valence-corrected chi connectivity index (χ4v) is 2.67. The highest BCUT2D eigenvalue weighted by molar-refractivity contribution is 6.02. The summed E-state index contributed by atoms with van der Waals surface area (Å²) >= 11 is 0. The van der Waals surface area contributed by atoms with E-state index in [0.717, 1.165) is 25.0 Å². The molecule has 2 rings (SSSR count). The molecule has 1 aromatic carbocycles. The Morgan fingerprint density at radius 2 is 2.05 bits per heavy atom. The number of hydrogen-bond acceptors (Lipinski definition) is 3. The molecule has 2 unspecified atom stereocenters. The zero-order valence-corrected chi connectivity index (χ0v) is 12.3. The normalized spacial score (nSPS) is 24.6. The highest BCUT2D eigenvalue weighted by Gasteiger charge is 2.31. The second-order valence-electron chi connectivity index (χ2n) is 5.48. The van der Waals surface area contributed by atoms with Crippen molar-refractivity contribution in [1.29, 1.82) is 0 Å². The minimum Gasteiger partial charge on any atom is -0.465 e. The Hall–Kier alpha value is -1.64. The maximum atomic E-state index is 12.0. The van der Waals surface area contributed by atoms with Crippen LogP contribution in [0.3, 0.4) is 0 Å². The number of benzene rings is 1. The molecule has 1 aliphatic carbocycles. The van der Waals surface area contributed by atoms with Crippen molar-refractivity contribution in [3.05, 3.63) is 35.9 Å². The number of ether oxygens (including phenoxy) is 1. The number of carbonyl (C=O) groups excluding carboxylic acids is 1. The van der Waals surface area contributed by atoms with Gasteiger partial charge in [-0.3, -0.25) is 9.79 Å². The van der Waals surface area contributed by atoms with Gasteiger partial charge in [-0.1, -0.05) is 37.3 Å². The predicted octanol–water partition coefficient (Wildman–Crippen LogP) is 3.63. The summed E-state index contributed by atoms with van der Waals surface area (Å²) in [5.41, 5.74) is 2.20. The second kappa shape index (κ2) is 7.22. The van der Waals surface area contributed by atoms with E-state index in [4.69, 9.17) is 9.73 Å². The standard InChI is InChI=1S/C17H23NO2/c1-3-20-17(19)15-10-9-13(2)11-16(15)18-12-14-7-5-4-6-8-14/h4-8,13,15H,3,9-12H2,1-2H3. The number of esters is 1. The molecule has 0 spiro atoms. The first-order valence-corrected chi connectivity index (χ1v) is 7.44. The average molecular weight is 273 g/mol. The van der Waals surface area contributed by atoms with Crippen LogP contribution >= 0.6 is 0 Å². The molecule has 0 heterocycles. The van der Waals surface area contributed by atoms with Gasteiger partial charge >= 0.3 is 5.97 Å². The average Bonchev–Trinajstić information content (AvgIpc) is 2.46. The summed E-state index contributed by atoms with van der Waals surface area (Å²) in [7, 11) is 0. The van der Waals surface area contributed by atoms with Crippen LogP contribution in [0.5, 0.6) is 0 Å². The molecule has 0 bridgehead atoms. The van der Waals surface area contributed by atoms with Crippen molar-refractivity contribution in [2.24, 2.45) is 16.8 Å². The highest BCUT2D eigenvalue weighted by atomic mass is 16.5. The van der Waals surface area contributed by atoms with E-state index in [9.17, 15) is 4.79 Å². The Balaban J connectivity index is 2.09. The Labute approximate surface area is 121 Å². The summed E-state index contributed by atoms with van der Waals surface area (Å²) in [5.74, 6) is 0.372. The molecule has 0 aliphatic heterocycles. The van der Waals surface area contributed by atoms with Crippen molar-refractivity contribution in [3.63, 3.8) is 0 Å².